The van der Waals surface area contributed by atoms with Crippen LogP contribution in [0.15, 0.2) is 41.3 Å². The number of carbonyl (C=O) groups is 1. The van der Waals surface area contributed by atoms with Gasteiger partial charge in [0.25, 0.3) is 5.91 Å². The highest BCUT2D eigenvalue weighted by atomic mass is 79.9. The number of rotatable bonds is 6. The summed E-state index contributed by atoms with van der Waals surface area (Å²) in [6, 6.07) is 5.21. The Morgan fingerprint density at radius 1 is 1.21 bits per heavy atom. The van der Waals surface area contributed by atoms with Crippen molar-refractivity contribution in [3.05, 3.63) is 52.7 Å². The first-order valence-corrected chi connectivity index (χ1v) is 10.2. The Balaban J connectivity index is 1.65. The monoisotopic (exact) mass is 456 g/mol. The van der Waals surface area contributed by atoms with Gasteiger partial charge in [-0.15, -0.1) is 0 Å². The Morgan fingerprint density at radius 2 is 2.03 bits per heavy atom. The lowest BCUT2D eigenvalue weighted by Crippen LogP contribution is -2.28. The van der Waals surface area contributed by atoms with Crippen molar-refractivity contribution in [1.29, 1.82) is 0 Å². The predicted molar refractivity (Wildman–Crippen MR) is 111 cm³/mol. The minimum Gasteiger partial charge on any atom is -0.343 e. The molecule has 0 aromatic carbocycles. The highest BCUT2D eigenvalue weighted by Crippen LogP contribution is 2.27. The van der Waals surface area contributed by atoms with E-state index >= 15 is 0 Å². The normalized spacial score (nSPS) is 12.4. The number of aromatic nitrogens is 7. The molecule has 1 amide bonds. The fourth-order valence-electron chi connectivity index (χ4n) is 3.24. The first-order chi connectivity index (χ1) is 14.0. The van der Waals surface area contributed by atoms with Crippen molar-refractivity contribution >= 4 is 27.5 Å². The van der Waals surface area contributed by atoms with Crippen LogP contribution >= 0.6 is 15.9 Å². The van der Waals surface area contributed by atoms with Crippen molar-refractivity contribution in [2.45, 2.75) is 39.9 Å². The zero-order valence-corrected chi connectivity index (χ0v) is 18.0. The van der Waals surface area contributed by atoms with Gasteiger partial charge < -0.3 is 5.32 Å². The fourth-order valence-corrected chi connectivity index (χ4v) is 3.76. The lowest BCUT2D eigenvalue weighted by Gasteiger charge is -2.14. The van der Waals surface area contributed by atoms with Gasteiger partial charge in [0, 0.05) is 37.7 Å². The number of hydrogen-bond acceptors (Lipinski definition) is 5. The fraction of sp³-hybridized carbons (Fsp3) is 0.316. The van der Waals surface area contributed by atoms with Gasteiger partial charge in [0.1, 0.15) is 5.69 Å². The Bertz CT molecular complexity index is 1170. The maximum Gasteiger partial charge on any atom is 0.272 e. The van der Waals surface area contributed by atoms with E-state index in [1.807, 2.05) is 48.5 Å². The van der Waals surface area contributed by atoms with E-state index in [2.05, 4.69) is 41.5 Å². The average molecular weight is 457 g/mol. The molecule has 29 heavy (non-hydrogen) atoms. The Kier molecular flexibility index (Phi) is 5.18. The van der Waals surface area contributed by atoms with Crippen molar-refractivity contribution in [3.63, 3.8) is 0 Å². The van der Waals surface area contributed by atoms with Crippen molar-refractivity contribution in [2.75, 3.05) is 0 Å². The van der Waals surface area contributed by atoms with Crippen LogP contribution in [0, 0.1) is 0 Å². The van der Waals surface area contributed by atoms with E-state index in [4.69, 9.17) is 0 Å². The summed E-state index contributed by atoms with van der Waals surface area (Å²) in [6.45, 7) is 7.45. The maximum absolute atomic E-state index is 12.8. The molecule has 1 N–H and O–H groups in total. The molecule has 0 spiro atoms. The Morgan fingerprint density at radius 3 is 2.76 bits per heavy atom. The van der Waals surface area contributed by atoms with Gasteiger partial charge in [-0.3, -0.25) is 14.2 Å². The zero-order valence-electron chi connectivity index (χ0n) is 16.4. The molecular weight excluding hydrogens is 436 g/mol. The zero-order chi connectivity index (χ0) is 20.5. The van der Waals surface area contributed by atoms with Crippen molar-refractivity contribution < 1.29 is 4.79 Å². The van der Waals surface area contributed by atoms with E-state index < -0.39 is 0 Å². The number of hydrogen-bond donors (Lipinski definition) is 1. The van der Waals surface area contributed by atoms with Crippen molar-refractivity contribution in [3.8, 4) is 11.4 Å². The minimum atomic E-state index is -0.268. The lowest BCUT2D eigenvalue weighted by molar-refractivity contribution is 0.0933. The van der Waals surface area contributed by atoms with E-state index in [9.17, 15) is 4.79 Å². The van der Waals surface area contributed by atoms with Gasteiger partial charge in [-0.2, -0.15) is 15.3 Å². The number of carbonyl (C=O) groups excluding carboxylic acids is 1. The maximum atomic E-state index is 12.8. The van der Waals surface area contributed by atoms with Gasteiger partial charge in [-0.05, 0) is 48.8 Å². The van der Waals surface area contributed by atoms with Crippen LogP contribution in [0.3, 0.4) is 0 Å². The van der Waals surface area contributed by atoms with Gasteiger partial charge in [0.05, 0.1) is 21.9 Å². The molecule has 10 heteroatoms. The van der Waals surface area contributed by atoms with Gasteiger partial charge in [0.2, 0.25) is 0 Å². The van der Waals surface area contributed by atoms with E-state index in [0.717, 1.165) is 34.6 Å². The Hall–Kier alpha value is -3.01. The Labute approximate surface area is 175 Å². The van der Waals surface area contributed by atoms with Gasteiger partial charge in [0.15, 0.2) is 11.3 Å². The van der Waals surface area contributed by atoms with E-state index in [1.54, 1.807) is 23.0 Å². The number of aryl methyl sites for hydroxylation is 2. The molecule has 4 heterocycles. The van der Waals surface area contributed by atoms with E-state index in [1.165, 1.54) is 0 Å². The first kappa shape index (κ1) is 19.3. The largest absolute Gasteiger partial charge is 0.343 e. The van der Waals surface area contributed by atoms with E-state index in [-0.39, 0.29) is 11.9 Å². The number of halogens is 1. The molecule has 0 aliphatic carbocycles. The van der Waals surface area contributed by atoms with Crippen molar-refractivity contribution in [1.82, 2.24) is 39.5 Å². The van der Waals surface area contributed by atoms with Crippen LogP contribution in [0.5, 0.6) is 0 Å². The molecule has 4 rings (SSSR count). The van der Waals surface area contributed by atoms with Gasteiger partial charge in [-0.25, -0.2) is 9.50 Å². The summed E-state index contributed by atoms with van der Waals surface area (Å²) in [5.41, 5.74) is 3.32. The molecular formula is C19H21BrN8O. The third-order valence-electron chi connectivity index (χ3n) is 4.71. The third kappa shape index (κ3) is 3.55. The molecule has 0 aliphatic rings. The summed E-state index contributed by atoms with van der Waals surface area (Å²) in [6.07, 6.45) is 5.33. The topological polar surface area (TPSA) is 94.9 Å². The smallest absolute Gasteiger partial charge is 0.272 e. The van der Waals surface area contributed by atoms with Crippen LogP contribution in [0.4, 0.5) is 0 Å². The highest BCUT2D eigenvalue weighted by molar-refractivity contribution is 9.10. The van der Waals surface area contributed by atoms with Crippen LogP contribution in [-0.2, 0) is 13.1 Å². The number of fused-ring (bicyclic) bond motifs is 1. The summed E-state index contributed by atoms with van der Waals surface area (Å²) in [5.74, 6) is -0.268. The predicted octanol–water partition coefficient (Wildman–Crippen LogP) is 3.08. The van der Waals surface area contributed by atoms with Crippen LogP contribution < -0.4 is 5.32 Å². The first-order valence-electron chi connectivity index (χ1n) is 9.42. The second-order valence-electron chi connectivity index (χ2n) is 6.58. The number of amides is 1. The van der Waals surface area contributed by atoms with Crippen LogP contribution in [-0.4, -0.2) is 40.1 Å². The molecule has 0 bridgehead atoms. The minimum absolute atomic E-state index is 0.198. The third-order valence-corrected chi connectivity index (χ3v) is 5.29. The molecule has 0 radical (unpaired) electrons. The average Bonchev–Trinajstić information content (AvgIpc) is 3.44. The van der Waals surface area contributed by atoms with E-state index in [0.29, 0.717) is 11.3 Å². The summed E-state index contributed by atoms with van der Waals surface area (Å²) in [7, 11) is 0. The summed E-state index contributed by atoms with van der Waals surface area (Å²) < 4.78 is 6.19. The SMILES string of the molecule is CCn1cc(Br)c(-c2ccnc3cc(C(=O)NC(C)c4ccnn4CC)nn23)n1. The number of nitrogens with one attached hydrogen (secondary N) is 1. The van der Waals surface area contributed by atoms with Gasteiger partial charge in [-0.1, -0.05) is 0 Å². The van der Waals surface area contributed by atoms with Crippen LogP contribution in [0.2, 0.25) is 0 Å². The molecule has 9 nitrogen and oxygen atoms in total. The number of nitrogens with zero attached hydrogens (tertiary/aromatic N) is 7. The molecule has 150 valence electrons. The van der Waals surface area contributed by atoms with Crippen LogP contribution in [0.25, 0.3) is 17.0 Å². The molecule has 0 saturated carbocycles. The summed E-state index contributed by atoms with van der Waals surface area (Å²) >= 11 is 3.55. The molecule has 0 saturated heterocycles. The van der Waals surface area contributed by atoms with Crippen molar-refractivity contribution in [2.24, 2.45) is 0 Å². The second kappa shape index (κ2) is 7.78. The molecule has 4 aromatic rings. The molecule has 0 aliphatic heterocycles. The second-order valence-corrected chi connectivity index (χ2v) is 7.43. The van der Waals surface area contributed by atoms with Crippen LogP contribution in [0.1, 0.15) is 43.0 Å². The molecule has 1 unspecified atom stereocenters. The summed E-state index contributed by atoms with van der Waals surface area (Å²) in [5, 5.41) is 16.3. The van der Waals surface area contributed by atoms with Gasteiger partial charge >= 0.3 is 0 Å². The molecule has 1 atom stereocenters. The quantitative estimate of drug-likeness (QED) is 0.480. The molecule has 4 aromatic heterocycles. The highest BCUT2D eigenvalue weighted by Gasteiger charge is 2.20. The lowest BCUT2D eigenvalue weighted by atomic mass is 10.2. The summed E-state index contributed by atoms with van der Waals surface area (Å²) in [4.78, 5) is 17.2. The molecule has 0 fully saturated rings. The standard InChI is InChI=1S/C19H21BrN8O/c1-4-26-11-13(20)18(25-26)16-6-8-21-17-10-14(24-28(16)17)19(29)23-12(3)15-7-9-22-27(15)5-2/h6-12H,4-5H2,1-3H3,(H,23,29).